The number of ether oxygens (including phenoxy) is 1. The van der Waals surface area contributed by atoms with Gasteiger partial charge in [-0.15, -0.1) is 0 Å². The van der Waals surface area contributed by atoms with Gasteiger partial charge in [-0.25, -0.2) is 0 Å². The van der Waals surface area contributed by atoms with E-state index in [0.717, 1.165) is 19.8 Å². The quantitative estimate of drug-likeness (QED) is 0.495. The van der Waals surface area contributed by atoms with Gasteiger partial charge in [-0.2, -0.15) is 0 Å². The summed E-state index contributed by atoms with van der Waals surface area (Å²) in [6, 6.07) is 10.7. The third-order valence-corrected chi connectivity index (χ3v) is 3.97. The third kappa shape index (κ3) is 10.5. The molecule has 21 heavy (non-hydrogen) atoms. The Bertz CT molecular complexity index is 326. The smallest absolute Gasteiger partial charge is 0.0466 e. The molecule has 0 saturated carbocycles. The molecule has 0 N–H and O–H groups in total. The van der Waals surface area contributed by atoms with Gasteiger partial charge >= 0.3 is 0 Å². The second kappa shape index (κ2) is 12.8. The van der Waals surface area contributed by atoms with E-state index in [1.54, 1.807) is 0 Å². The van der Waals surface area contributed by atoms with Crippen LogP contribution < -0.4 is 0 Å². The van der Waals surface area contributed by atoms with Gasteiger partial charge in [0.15, 0.2) is 0 Å². The van der Waals surface area contributed by atoms with Gasteiger partial charge in [0, 0.05) is 13.2 Å². The number of nitrogens with zero attached hydrogens (tertiary/aromatic N) is 1. The van der Waals surface area contributed by atoms with E-state index >= 15 is 0 Å². The fourth-order valence-electron chi connectivity index (χ4n) is 2.38. The predicted octanol–water partition coefficient (Wildman–Crippen LogP) is 4.54. The highest BCUT2D eigenvalue weighted by Crippen LogP contribution is 2.05. The monoisotopic (exact) mass is 291 g/mol. The number of hydrogen-bond acceptors (Lipinski definition) is 2. The Balaban J connectivity index is 1.79. The molecule has 0 bridgehead atoms. The Morgan fingerprint density at radius 1 is 0.857 bits per heavy atom. The molecule has 1 rings (SSSR count). The zero-order valence-corrected chi connectivity index (χ0v) is 14.0. The molecule has 0 aliphatic heterocycles. The first-order chi connectivity index (χ1) is 10.3. The molecule has 0 amide bonds. The average Bonchev–Trinajstić information content (AvgIpc) is 2.53. The predicted molar refractivity (Wildman–Crippen MR) is 91.8 cm³/mol. The van der Waals surface area contributed by atoms with Crippen molar-refractivity contribution in [1.82, 2.24) is 4.90 Å². The number of hydrogen-bond donors (Lipinski definition) is 0. The lowest BCUT2D eigenvalue weighted by Gasteiger charge is -2.12. The van der Waals surface area contributed by atoms with E-state index < -0.39 is 0 Å². The van der Waals surface area contributed by atoms with Crippen molar-refractivity contribution in [3.05, 3.63) is 35.9 Å². The highest BCUT2D eigenvalue weighted by Gasteiger charge is 1.96. The summed E-state index contributed by atoms with van der Waals surface area (Å²) in [5, 5.41) is 0. The molecule has 1 aromatic rings. The molecule has 0 aliphatic rings. The molecule has 0 atom stereocenters. The summed E-state index contributed by atoms with van der Waals surface area (Å²) in [5.74, 6) is 0. The van der Waals surface area contributed by atoms with E-state index in [9.17, 15) is 0 Å². The molecule has 2 heteroatoms. The van der Waals surface area contributed by atoms with Crippen LogP contribution in [0.15, 0.2) is 30.3 Å². The van der Waals surface area contributed by atoms with Crippen molar-refractivity contribution in [2.45, 2.75) is 51.9 Å². The summed E-state index contributed by atoms with van der Waals surface area (Å²) < 4.78 is 5.71. The molecule has 1 aromatic carbocycles. The lowest BCUT2D eigenvalue weighted by Crippen LogP contribution is -2.18. The minimum absolute atomic E-state index is 0.922. The van der Waals surface area contributed by atoms with Crippen molar-refractivity contribution in [2.24, 2.45) is 0 Å². The van der Waals surface area contributed by atoms with Crippen molar-refractivity contribution in [3.8, 4) is 0 Å². The molecule has 0 radical (unpaired) electrons. The van der Waals surface area contributed by atoms with E-state index in [-0.39, 0.29) is 0 Å². The van der Waals surface area contributed by atoms with Crippen LogP contribution in [-0.4, -0.2) is 38.3 Å². The maximum Gasteiger partial charge on any atom is 0.0466 e. The van der Waals surface area contributed by atoms with Gasteiger partial charge in [0.05, 0.1) is 0 Å². The number of rotatable bonds is 13. The second-order valence-electron chi connectivity index (χ2n) is 5.87. The molecule has 0 spiro atoms. The maximum atomic E-state index is 5.71. The Morgan fingerprint density at radius 2 is 1.52 bits per heavy atom. The summed E-state index contributed by atoms with van der Waals surface area (Å²) in [7, 11) is 2.19. The first kappa shape index (κ1) is 18.2. The van der Waals surface area contributed by atoms with Crippen molar-refractivity contribution in [1.29, 1.82) is 0 Å². The number of unbranched alkanes of at least 4 members (excludes halogenated alkanes) is 4. The molecule has 0 aromatic heterocycles. The number of benzene rings is 1. The zero-order valence-electron chi connectivity index (χ0n) is 14.0. The van der Waals surface area contributed by atoms with E-state index in [0.29, 0.717) is 0 Å². The van der Waals surface area contributed by atoms with Crippen LogP contribution in [-0.2, 0) is 11.2 Å². The van der Waals surface area contributed by atoms with E-state index in [1.807, 2.05) is 0 Å². The zero-order chi connectivity index (χ0) is 15.2. The summed E-state index contributed by atoms with van der Waals surface area (Å²) in [4.78, 5) is 2.38. The Hall–Kier alpha value is -0.860. The van der Waals surface area contributed by atoms with Crippen molar-refractivity contribution in [3.63, 3.8) is 0 Å². The first-order valence-electron chi connectivity index (χ1n) is 8.63. The molecule has 0 saturated heterocycles. The molecule has 0 unspecified atom stereocenters. The van der Waals surface area contributed by atoms with Crippen molar-refractivity contribution < 1.29 is 4.74 Å². The molecule has 2 nitrogen and oxygen atoms in total. The van der Waals surface area contributed by atoms with Crippen LogP contribution in [0.3, 0.4) is 0 Å². The van der Waals surface area contributed by atoms with Crippen LogP contribution in [0, 0.1) is 0 Å². The van der Waals surface area contributed by atoms with Crippen LogP contribution >= 0.6 is 0 Å². The summed E-state index contributed by atoms with van der Waals surface area (Å²) >= 11 is 0. The van der Waals surface area contributed by atoms with Crippen LogP contribution in [0.25, 0.3) is 0 Å². The molecular formula is C19H33NO. The largest absolute Gasteiger partial charge is 0.381 e. The van der Waals surface area contributed by atoms with Crippen LogP contribution in [0.1, 0.15) is 51.0 Å². The van der Waals surface area contributed by atoms with Crippen LogP contribution in [0.2, 0.25) is 0 Å². The lowest BCUT2D eigenvalue weighted by molar-refractivity contribution is 0.126. The highest BCUT2D eigenvalue weighted by molar-refractivity contribution is 5.14. The fraction of sp³-hybridized carbons (Fsp3) is 0.684. The van der Waals surface area contributed by atoms with Crippen LogP contribution in [0.4, 0.5) is 0 Å². The minimum atomic E-state index is 0.922. The highest BCUT2D eigenvalue weighted by atomic mass is 16.5. The van der Waals surface area contributed by atoms with Gasteiger partial charge in [0.2, 0.25) is 0 Å². The second-order valence-corrected chi connectivity index (χ2v) is 5.87. The molecule has 0 heterocycles. The van der Waals surface area contributed by atoms with Gasteiger partial charge in [-0.1, -0.05) is 50.1 Å². The van der Waals surface area contributed by atoms with Crippen LogP contribution in [0.5, 0.6) is 0 Å². The molecule has 0 fully saturated rings. The van der Waals surface area contributed by atoms with Gasteiger partial charge in [-0.05, 0) is 57.8 Å². The standard InChI is InChI=1S/C19H33NO/c1-3-20(2)16-10-4-5-11-17-21-18-12-9-15-19-13-7-6-8-14-19/h6-8,13-14H,3-5,9-12,15-18H2,1-2H3. The molecular weight excluding hydrogens is 258 g/mol. The van der Waals surface area contributed by atoms with Crippen molar-refractivity contribution >= 4 is 0 Å². The average molecular weight is 291 g/mol. The first-order valence-corrected chi connectivity index (χ1v) is 8.63. The topological polar surface area (TPSA) is 12.5 Å². The normalized spacial score (nSPS) is 11.2. The summed E-state index contributed by atoms with van der Waals surface area (Å²) in [6.07, 6.45) is 8.76. The number of aryl methyl sites for hydroxylation is 1. The maximum absolute atomic E-state index is 5.71. The summed E-state index contributed by atoms with van der Waals surface area (Å²) in [6.45, 7) is 6.47. The van der Waals surface area contributed by atoms with Gasteiger partial charge < -0.3 is 9.64 Å². The van der Waals surface area contributed by atoms with Gasteiger partial charge in [0.25, 0.3) is 0 Å². The SMILES string of the molecule is CCN(C)CCCCCCOCCCCc1ccccc1. The van der Waals surface area contributed by atoms with Crippen molar-refractivity contribution in [2.75, 3.05) is 33.4 Å². The molecule has 0 aliphatic carbocycles. The summed E-state index contributed by atoms with van der Waals surface area (Å²) in [5.41, 5.74) is 1.44. The third-order valence-electron chi connectivity index (χ3n) is 3.97. The van der Waals surface area contributed by atoms with E-state index in [2.05, 4.69) is 49.2 Å². The minimum Gasteiger partial charge on any atom is -0.381 e. The Kier molecular flexibility index (Phi) is 11.1. The van der Waals surface area contributed by atoms with E-state index in [1.165, 1.54) is 57.1 Å². The Morgan fingerprint density at radius 3 is 2.24 bits per heavy atom. The lowest BCUT2D eigenvalue weighted by atomic mass is 10.1. The Labute approximate surface area is 131 Å². The van der Waals surface area contributed by atoms with Gasteiger partial charge in [-0.3, -0.25) is 0 Å². The molecule has 120 valence electrons. The van der Waals surface area contributed by atoms with E-state index in [4.69, 9.17) is 4.74 Å². The van der Waals surface area contributed by atoms with Gasteiger partial charge in [0.1, 0.15) is 0 Å². The fourth-order valence-corrected chi connectivity index (χ4v) is 2.38.